The summed E-state index contributed by atoms with van der Waals surface area (Å²) in [6.45, 7) is 0. The Hall–Kier alpha value is -1.60. The first-order valence-corrected chi connectivity index (χ1v) is 8.33. The van der Waals surface area contributed by atoms with Crippen LogP contribution in [0.3, 0.4) is 0 Å². The number of nitrogens with zero attached hydrogens (tertiary/aromatic N) is 2. The second-order valence-corrected chi connectivity index (χ2v) is 7.61. The van der Waals surface area contributed by atoms with Crippen LogP contribution in [0, 0.1) is 5.39 Å². The molecular weight excluding hydrogens is 302 g/mol. The largest absolute Gasteiger partial charge is 0.385 e. The highest BCUT2D eigenvalue weighted by Gasteiger charge is 2.21. The highest BCUT2D eigenvalue weighted by atomic mass is 32.3. The Morgan fingerprint density at radius 1 is 0.947 bits per heavy atom. The van der Waals surface area contributed by atoms with Gasteiger partial charge in [0.1, 0.15) is 0 Å². The molecule has 0 bridgehead atoms. The predicted molar refractivity (Wildman–Crippen MR) is 65.8 cm³/mol. The van der Waals surface area contributed by atoms with E-state index < -0.39 is 36.8 Å². The zero-order valence-corrected chi connectivity index (χ0v) is 11.2. The van der Waals surface area contributed by atoms with Crippen molar-refractivity contribution in [3.63, 3.8) is 0 Å². The quantitative estimate of drug-likeness (QED) is 0.790. The Bertz CT molecular complexity index is 592. The maximum Gasteiger partial charge on any atom is 0.385 e. The van der Waals surface area contributed by atoms with Gasteiger partial charge in [-0.15, -0.1) is 0 Å². The Kier molecular flexibility index (Phi) is 7.10. The molecule has 0 amide bonds. The van der Waals surface area contributed by atoms with Crippen LogP contribution in [0.15, 0.2) is 30.3 Å². The van der Waals surface area contributed by atoms with Gasteiger partial charge >= 0.3 is 5.69 Å². The molecule has 0 heterocycles. The van der Waals surface area contributed by atoms with Crippen molar-refractivity contribution < 1.29 is 25.6 Å². The van der Waals surface area contributed by atoms with Gasteiger partial charge < -0.3 is 0 Å². The number of halogens is 2. The summed E-state index contributed by atoms with van der Waals surface area (Å²) >= 11 is 0. The van der Waals surface area contributed by atoms with Crippen LogP contribution in [0.5, 0.6) is 0 Å². The van der Waals surface area contributed by atoms with Crippen LogP contribution >= 0.6 is 0 Å². The Balaban J connectivity index is 0.000000356. The third kappa shape index (κ3) is 8.17. The molecule has 0 aliphatic heterocycles. The van der Waals surface area contributed by atoms with Crippen LogP contribution < -0.4 is 0 Å². The molecular formula is C9H11F2N2O4S2+. The monoisotopic (exact) mass is 313 g/mol. The van der Waals surface area contributed by atoms with E-state index in [-0.39, 0.29) is 0 Å². The van der Waals surface area contributed by atoms with Gasteiger partial charge in [0.05, 0.1) is 0 Å². The number of hydrogen-bond acceptors (Lipinski definition) is 5. The zero-order chi connectivity index (χ0) is 14.9. The fourth-order valence-corrected chi connectivity index (χ4v) is 3.52. The SMILES string of the molecule is N#[N+]c1ccccc1.O=S(=O)(CF)CS(=O)(=O)CF. The smallest absolute Gasteiger partial charge is 0.234 e. The summed E-state index contributed by atoms with van der Waals surface area (Å²) in [7, 11) is -8.57. The van der Waals surface area contributed by atoms with Crippen LogP contribution in [0.4, 0.5) is 14.5 Å². The molecule has 1 aromatic rings. The molecule has 0 aliphatic carbocycles. The molecule has 19 heavy (non-hydrogen) atoms. The standard InChI is InChI=1S/C6H5N2.C3H6F2O4S2/c7-8-6-4-2-1-3-5-6;4-1-10(6,7)3-11(8,9)2-5/h1-5H;1-3H2/q+1;. The van der Waals surface area contributed by atoms with Crippen LogP contribution in [-0.2, 0) is 19.7 Å². The Morgan fingerprint density at radius 3 is 1.63 bits per heavy atom. The first-order valence-electron chi connectivity index (χ1n) is 4.69. The van der Waals surface area contributed by atoms with Crippen molar-refractivity contribution in [1.82, 2.24) is 0 Å². The van der Waals surface area contributed by atoms with E-state index in [9.17, 15) is 25.6 Å². The molecule has 0 saturated heterocycles. The third-order valence-electron chi connectivity index (χ3n) is 1.56. The maximum atomic E-state index is 11.5. The number of alkyl halides is 2. The fourth-order valence-electron chi connectivity index (χ4n) is 0.831. The first kappa shape index (κ1) is 17.4. The van der Waals surface area contributed by atoms with E-state index in [0.717, 1.165) is 0 Å². The zero-order valence-electron chi connectivity index (χ0n) is 9.61. The van der Waals surface area contributed by atoms with Crippen molar-refractivity contribution in [1.29, 1.82) is 5.39 Å². The average molecular weight is 313 g/mol. The minimum atomic E-state index is -4.28. The van der Waals surface area contributed by atoms with Gasteiger partial charge in [-0.1, -0.05) is 18.2 Å². The minimum absolute atomic E-state index is 0.590. The van der Waals surface area contributed by atoms with E-state index in [0.29, 0.717) is 5.69 Å². The molecule has 0 N–H and O–H groups in total. The van der Waals surface area contributed by atoms with Gasteiger partial charge in [-0.05, 0) is 0 Å². The van der Waals surface area contributed by atoms with Crippen molar-refractivity contribution in [3.8, 4) is 0 Å². The van der Waals surface area contributed by atoms with Crippen LogP contribution in [0.1, 0.15) is 0 Å². The van der Waals surface area contributed by atoms with E-state index in [1.54, 1.807) is 12.1 Å². The molecule has 0 saturated carbocycles. The van der Waals surface area contributed by atoms with Gasteiger partial charge in [0.25, 0.3) is 0 Å². The Morgan fingerprint density at radius 2 is 1.37 bits per heavy atom. The van der Waals surface area contributed by atoms with Crippen LogP contribution in [0.25, 0.3) is 4.98 Å². The number of benzene rings is 1. The molecule has 106 valence electrons. The van der Waals surface area contributed by atoms with Crippen molar-refractivity contribution in [2.45, 2.75) is 0 Å². The third-order valence-corrected chi connectivity index (χ3v) is 5.10. The maximum absolute atomic E-state index is 11.5. The van der Waals surface area contributed by atoms with Gasteiger partial charge in [0.2, 0.25) is 5.39 Å². The highest BCUT2D eigenvalue weighted by Crippen LogP contribution is 2.07. The van der Waals surface area contributed by atoms with E-state index in [1.165, 1.54) is 0 Å². The molecule has 0 atom stereocenters. The lowest BCUT2D eigenvalue weighted by Crippen LogP contribution is -2.18. The molecule has 0 spiro atoms. The molecule has 6 nitrogen and oxygen atoms in total. The molecule has 1 aromatic carbocycles. The summed E-state index contributed by atoms with van der Waals surface area (Å²) < 4.78 is 63.9. The summed E-state index contributed by atoms with van der Waals surface area (Å²) in [6.07, 6.45) is 0. The van der Waals surface area contributed by atoms with E-state index in [4.69, 9.17) is 5.39 Å². The number of sulfone groups is 2. The van der Waals surface area contributed by atoms with Crippen LogP contribution in [0.2, 0.25) is 0 Å². The lowest BCUT2D eigenvalue weighted by molar-refractivity contribution is 0.527. The molecule has 0 radical (unpaired) electrons. The lowest BCUT2D eigenvalue weighted by atomic mass is 10.3. The average Bonchev–Trinajstić information content (AvgIpc) is 2.39. The fraction of sp³-hybridized carbons (Fsp3) is 0.333. The molecule has 0 aliphatic rings. The van der Waals surface area contributed by atoms with Gasteiger partial charge in [-0.3, -0.25) is 0 Å². The number of hydrogen-bond donors (Lipinski definition) is 0. The topological polar surface area (TPSA) is 96.4 Å². The summed E-state index contributed by atoms with van der Waals surface area (Å²) in [5.74, 6) is 0. The second kappa shape index (κ2) is 7.75. The van der Waals surface area contributed by atoms with E-state index in [1.807, 2.05) is 18.2 Å². The molecule has 0 unspecified atom stereocenters. The van der Waals surface area contributed by atoms with Crippen molar-refractivity contribution in [2.24, 2.45) is 0 Å². The summed E-state index contributed by atoms with van der Waals surface area (Å²) in [5.41, 5.74) is 0.590. The Labute approximate surface area is 109 Å². The van der Waals surface area contributed by atoms with Gasteiger partial charge in [-0.25, -0.2) is 25.6 Å². The number of diazo groups is 1. The van der Waals surface area contributed by atoms with Gasteiger partial charge in [0.15, 0.2) is 41.7 Å². The minimum Gasteiger partial charge on any atom is -0.234 e. The molecule has 10 heteroatoms. The summed E-state index contributed by atoms with van der Waals surface area (Å²) in [5, 5.41) is 6.70. The van der Waals surface area contributed by atoms with Crippen molar-refractivity contribution in [2.75, 3.05) is 17.1 Å². The van der Waals surface area contributed by atoms with Crippen molar-refractivity contribution in [3.05, 3.63) is 35.3 Å². The highest BCUT2D eigenvalue weighted by molar-refractivity contribution is 8.07. The molecule has 0 fully saturated rings. The van der Waals surface area contributed by atoms with Gasteiger partial charge in [0, 0.05) is 12.1 Å². The lowest BCUT2D eigenvalue weighted by Gasteiger charge is -1.96. The summed E-state index contributed by atoms with van der Waals surface area (Å²) in [6, 6.07) is 5.37. The second-order valence-electron chi connectivity index (χ2n) is 3.26. The van der Waals surface area contributed by atoms with Crippen LogP contribution in [-0.4, -0.2) is 33.9 Å². The molecule has 1 rings (SSSR count). The van der Waals surface area contributed by atoms with Crippen molar-refractivity contribution >= 4 is 25.4 Å². The molecule has 0 aromatic heterocycles. The number of rotatable bonds is 4. The van der Waals surface area contributed by atoms with E-state index >= 15 is 0 Å². The van der Waals surface area contributed by atoms with E-state index in [2.05, 4.69) is 4.98 Å². The first-order chi connectivity index (χ1) is 8.76. The predicted octanol–water partition coefficient (Wildman–Crippen LogP) is 1.80. The normalized spacial score (nSPS) is 11.0. The van der Waals surface area contributed by atoms with Gasteiger partial charge in [-0.2, -0.15) is 0 Å². The summed E-state index contributed by atoms with van der Waals surface area (Å²) in [4.78, 5) is 2.97.